The number of rotatable bonds is 5. The third kappa shape index (κ3) is 3.42. The summed E-state index contributed by atoms with van der Waals surface area (Å²) in [5.41, 5.74) is 2.32. The van der Waals surface area contributed by atoms with Crippen LogP contribution in [0.2, 0.25) is 0 Å². The molecule has 0 aliphatic heterocycles. The molecule has 2 aromatic rings. The number of nitrogens with zero attached hydrogens (tertiary/aromatic N) is 1. The van der Waals surface area contributed by atoms with Crippen molar-refractivity contribution in [2.75, 3.05) is 0 Å². The predicted molar refractivity (Wildman–Crippen MR) is 69.9 cm³/mol. The maximum absolute atomic E-state index is 10.7. The molecule has 0 aliphatic carbocycles. The van der Waals surface area contributed by atoms with Gasteiger partial charge in [-0.2, -0.15) is 0 Å². The molecule has 1 aromatic carbocycles. The van der Waals surface area contributed by atoms with Gasteiger partial charge in [0.15, 0.2) is 11.5 Å². The van der Waals surface area contributed by atoms with Crippen LogP contribution in [-0.2, 0) is 6.54 Å². The molecular formula is C14H16N2O3. The Kier molecular flexibility index (Phi) is 3.97. The van der Waals surface area contributed by atoms with Gasteiger partial charge in [0, 0.05) is 12.1 Å². The molecule has 0 bridgehead atoms. The molecule has 0 saturated heterocycles. The molecule has 100 valence electrons. The van der Waals surface area contributed by atoms with E-state index in [-0.39, 0.29) is 11.7 Å². The van der Waals surface area contributed by atoms with Gasteiger partial charge in [-0.3, -0.25) is 0 Å². The molecule has 5 nitrogen and oxygen atoms in total. The van der Waals surface area contributed by atoms with Gasteiger partial charge in [-0.1, -0.05) is 35.0 Å². The highest BCUT2D eigenvalue weighted by molar-refractivity contribution is 5.85. The van der Waals surface area contributed by atoms with Crippen molar-refractivity contribution in [3.8, 4) is 0 Å². The summed E-state index contributed by atoms with van der Waals surface area (Å²) in [6, 6.07) is 9.80. The van der Waals surface area contributed by atoms with Crippen molar-refractivity contribution in [2.45, 2.75) is 26.4 Å². The number of hydrogen-bond acceptors (Lipinski definition) is 4. The van der Waals surface area contributed by atoms with Crippen molar-refractivity contribution in [3.63, 3.8) is 0 Å². The van der Waals surface area contributed by atoms with Gasteiger partial charge >= 0.3 is 5.97 Å². The van der Waals surface area contributed by atoms with Crippen molar-refractivity contribution < 1.29 is 14.4 Å². The van der Waals surface area contributed by atoms with Gasteiger partial charge in [-0.15, -0.1) is 0 Å². The molecule has 1 atom stereocenters. The standard InChI is InChI=1S/C14H16N2O3/c1-9-4-3-5-11(6-9)10(2)15-8-12-7-13(14(17)18)16-19-12/h3-7,10,15H,8H2,1-2H3,(H,17,18)/t10-/m1/s1. The summed E-state index contributed by atoms with van der Waals surface area (Å²) in [4.78, 5) is 10.7. The number of benzene rings is 1. The van der Waals surface area contributed by atoms with Crippen molar-refractivity contribution in [2.24, 2.45) is 0 Å². The third-order valence-electron chi connectivity index (χ3n) is 2.90. The average Bonchev–Trinajstić information content (AvgIpc) is 2.85. The number of carboxylic acids is 1. The van der Waals surface area contributed by atoms with Gasteiger partial charge in [-0.05, 0) is 19.4 Å². The quantitative estimate of drug-likeness (QED) is 0.864. The van der Waals surface area contributed by atoms with E-state index in [2.05, 4.69) is 16.5 Å². The maximum atomic E-state index is 10.7. The van der Waals surface area contributed by atoms with E-state index >= 15 is 0 Å². The van der Waals surface area contributed by atoms with Gasteiger partial charge in [0.2, 0.25) is 0 Å². The van der Waals surface area contributed by atoms with E-state index in [9.17, 15) is 4.79 Å². The zero-order chi connectivity index (χ0) is 13.8. The second kappa shape index (κ2) is 5.67. The fraction of sp³-hybridized carbons (Fsp3) is 0.286. The van der Waals surface area contributed by atoms with Crippen LogP contribution in [-0.4, -0.2) is 16.2 Å². The van der Waals surface area contributed by atoms with Gasteiger partial charge in [0.05, 0.1) is 6.54 Å². The molecule has 2 rings (SSSR count). The van der Waals surface area contributed by atoms with Crippen LogP contribution in [0.1, 0.15) is 40.3 Å². The summed E-state index contributed by atoms with van der Waals surface area (Å²) in [5.74, 6) is -0.571. The van der Waals surface area contributed by atoms with Crippen LogP contribution in [0.25, 0.3) is 0 Å². The van der Waals surface area contributed by atoms with Crippen LogP contribution in [0.4, 0.5) is 0 Å². The number of hydrogen-bond donors (Lipinski definition) is 2. The number of nitrogens with one attached hydrogen (secondary N) is 1. The molecule has 5 heteroatoms. The topological polar surface area (TPSA) is 75.4 Å². The van der Waals surface area contributed by atoms with E-state index in [4.69, 9.17) is 9.63 Å². The Balaban J connectivity index is 1.96. The normalized spacial score (nSPS) is 12.3. The molecule has 0 fully saturated rings. The lowest BCUT2D eigenvalue weighted by Crippen LogP contribution is -2.17. The van der Waals surface area contributed by atoms with Gasteiger partial charge in [0.25, 0.3) is 0 Å². The molecule has 2 N–H and O–H groups in total. The lowest BCUT2D eigenvalue weighted by atomic mass is 10.1. The Morgan fingerprint density at radius 3 is 2.89 bits per heavy atom. The van der Waals surface area contributed by atoms with E-state index in [1.807, 2.05) is 32.0 Å². The molecule has 0 amide bonds. The highest BCUT2D eigenvalue weighted by Crippen LogP contribution is 2.14. The summed E-state index contributed by atoms with van der Waals surface area (Å²) < 4.78 is 4.94. The Bertz CT molecular complexity index is 578. The SMILES string of the molecule is Cc1cccc([C@@H](C)NCc2cc(C(=O)O)no2)c1. The largest absolute Gasteiger partial charge is 0.476 e. The second-order valence-electron chi connectivity index (χ2n) is 4.50. The van der Waals surface area contributed by atoms with Crippen molar-refractivity contribution >= 4 is 5.97 Å². The third-order valence-corrected chi connectivity index (χ3v) is 2.90. The minimum Gasteiger partial charge on any atom is -0.476 e. The number of aromatic carboxylic acids is 1. The summed E-state index contributed by atoms with van der Waals surface area (Å²) in [5, 5.41) is 15.5. The van der Waals surface area contributed by atoms with Crippen molar-refractivity contribution in [1.29, 1.82) is 0 Å². The first-order chi connectivity index (χ1) is 9.06. The first-order valence-corrected chi connectivity index (χ1v) is 6.05. The Hall–Kier alpha value is -2.14. The zero-order valence-electron chi connectivity index (χ0n) is 10.9. The molecule has 0 saturated carbocycles. The van der Waals surface area contributed by atoms with E-state index in [1.54, 1.807) is 0 Å². The van der Waals surface area contributed by atoms with Gasteiger partial charge in [0.1, 0.15) is 0 Å². The van der Waals surface area contributed by atoms with Crippen LogP contribution in [0.15, 0.2) is 34.9 Å². The monoisotopic (exact) mass is 260 g/mol. The number of aromatic nitrogens is 1. The maximum Gasteiger partial charge on any atom is 0.358 e. The highest BCUT2D eigenvalue weighted by Gasteiger charge is 2.11. The van der Waals surface area contributed by atoms with Crippen LogP contribution in [0.5, 0.6) is 0 Å². The smallest absolute Gasteiger partial charge is 0.358 e. The van der Waals surface area contributed by atoms with Crippen LogP contribution in [0, 0.1) is 6.92 Å². The van der Waals surface area contributed by atoms with E-state index in [0.29, 0.717) is 12.3 Å². The number of carboxylic acid groups (broad SMARTS) is 1. The lowest BCUT2D eigenvalue weighted by molar-refractivity contribution is 0.0685. The van der Waals surface area contributed by atoms with Gasteiger partial charge < -0.3 is 14.9 Å². The zero-order valence-corrected chi connectivity index (χ0v) is 10.9. The summed E-state index contributed by atoms with van der Waals surface area (Å²) in [6.45, 7) is 4.53. The van der Waals surface area contributed by atoms with Crippen LogP contribution >= 0.6 is 0 Å². The summed E-state index contributed by atoms with van der Waals surface area (Å²) >= 11 is 0. The Morgan fingerprint density at radius 1 is 1.47 bits per heavy atom. The molecule has 0 aliphatic rings. The van der Waals surface area contributed by atoms with E-state index < -0.39 is 5.97 Å². The molecule has 0 spiro atoms. The highest BCUT2D eigenvalue weighted by atomic mass is 16.5. The summed E-state index contributed by atoms with van der Waals surface area (Å²) in [7, 11) is 0. The van der Waals surface area contributed by atoms with Crippen LogP contribution < -0.4 is 5.32 Å². The fourth-order valence-electron chi connectivity index (χ4n) is 1.81. The fourth-order valence-corrected chi connectivity index (χ4v) is 1.81. The van der Waals surface area contributed by atoms with Gasteiger partial charge in [-0.25, -0.2) is 4.79 Å². The predicted octanol–water partition coefficient (Wildman–Crippen LogP) is 2.53. The van der Waals surface area contributed by atoms with Crippen LogP contribution in [0.3, 0.4) is 0 Å². The molecular weight excluding hydrogens is 244 g/mol. The minimum atomic E-state index is -1.08. The summed E-state index contributed by atoms with van der Waals surface area (Å²) in [6.07, 6.45) is 0. The van der Waals surface area contributed by atoms with E-state index in [1.165, 1.54) is 17.2 Å². The average molecular weight is 260 g/mol. The van der Waals surface area contributed by atoms with Crippen molar-refractivity contribution in [1.82, 2.24) is 10.5 Å². The molecule has 1 heterocycles. The minimum absolute atomic E-state index is 0.0694. The van der Waals surface area contributed by atoms with E-state index in [0.717, 1.165) is 0 Å². The molecule has 0 radical (unpaired) electrons. The molecule has 19 heavy (non-hydrogen) atoms. The molecule has 0 unspecified atom stereocenters. The van der Waals surface area contributed by atoms with Crippen molar-refractivity contribution in [3.05, 3.63) is 52.9 Å². The Morgan fingerprint density at radius 2 is 2.26 bits per heavy atom. The second-order valence-corrected chi connectivity index (χ2v) is 4.50. The number of carbonyl (C=O) groups is 1. The first kappa shape index (κ1) is 13.3. The molecule has 1 aromatic heterocycles. The number of aryl methyl sites for hydroxylation is 1. The Labute approximate surface area is 111 Å². The first-order valence-electron chi connectivity index (χ1n) is 6.05. The lowest BCUT2D eigenvalue weighted by Gasteiger charge is -2.13.